The van der Waals surface area contributed by atoms with E-state index >= 15 is 0 Å². The highest BCUT2D eigenvalue weighted by Crippen LogP contribution is 2.40. The Bertz CT molecular complexity index is 1320. The molecule has 0 fully saturated rings. The summed E-state index contributed by atoms with van der Waals surface area (Å²) in [4.78, 5) is 17.5. The Kier molecular flexibility index (Phi) is 5.81. The molecule has 0 aliphatic heterocycles. The minimum Gasteiger partial charge on any atom is -0.493 e. The van der Waals surface area contributed by atoms with Gasteiger partial charge < -0.3 is 23.3 Å². The predicted molar refractivity (Wildman–Crippen MR) is 117 cm³/mol. The number of halogens is 1. The second-order valence-corrected chi connectivity index (χ2v) is 7.06. The van der Waals surface area contributed by atoms with Crippen LogP contribution in [0.3, 0.4) is 0 Å². The minimum absolute atomic E-state index is 0.0368. The first-order valence-corrected chi connectivity index (χ1v) is 9.97. The maximum atomic E-state index is 13.9. The van der Waals surface area contributed by atoms with Gasteiger partial charge in [0.2, 0.25) is 17.0 Å². The van der Waals surface area contributed by atoms with Gasteiger partial charge in [-0.2, -0.15) is 4.98 Å². The van der Waals surface area contributed by atoms with Crippen molar-refractivity contribution in [1.82, 2.24) is 14.7 Å². The van der Waals surface area contributed by atoms with Gasteiger partial charge in [-0.05, 0) is 36.8 Å². The summed E-state index contributed by atoms with van der Waals surface area (Å²) in [6.07, 6.45) is 2.49. The van der Waals surface area contributed by atoms with Crippen molar-refractivity contribution < 1.29 is 23.1 Å². The molecule has 0 aliphatic rings. The van der Waals surface area contributed by atoms with Crippen molar-refractivity contribution in [2.75, 3.05) is 21.3 Å². The fourth-order valence-electron chi connectivity index (χ4n) is 3.61. The van der Waals surface area contributed by atoms with Crippen molar-refractivity contribution >= 4 is 10.9 Å². The highest BCUT2D eigenvalue weighted by Gasteiger charge is 2.20. The maximum absolute atomic E-state index is 13.9. The molecule has 0 saturated carbocycles. The summed E-state index contributed by atoms with van der Waals surface area (Å²) in [7, 11) is 4.52. The van der Waals surface area contributed by atoms with Crippen LogP contribution in [0.15, 0.2) is 45.8 Å². The van der Waals surface area contributed by atoms with E-state index in [0.29, 0.717) is 34.9 Å². The Hall–Kier alpha value is -3.88. The van der Waals surface area contributed by atoms with Crippen LogP contribution in [-0.4, -0.2) is 36.0 Å². The van der Waals surface area contributed by atoms with Gasteiger partial charge in [0.15, 0.2) is 11.5 Å². The predicted octanol–water partition coefficient (Wildman–Crippen LogP) is 4.29. The third-order valence-corrected chi connectivity index (χ3v) is 5.09. The number of hydrogen-bond donors (Lipinski definition) is 0. The molecular weight excluding hydrogens is 417 g/mol. The number of pyridine rings is 1. The molecule has 0 spiro atoms. The van der Waals surface area contributed by atoms with Gasteiger partial charge in [0.25, 0.3) is 5.89 Å². The van der Waals surface area contributed by atoms with Crippen molar-refractivity contribution in [3.63, 3.8) is 0 Å². The summed E-state index contributed by atoms with van der Waals surface area (Å²) in [5, 5.41) is 4.28. The third kappa shape index (κ3) is 3.66. The molecule has 0 amide bonds. The SMILES string of the molecule is CCCn1cc(-c2nc(-c3cc(OC)c(OC)c(OC)c3)no2)c(=O)c2cc(F)ccc21. The van der Waals surface area contributed by atoms with Crippen LogP contribution in [0.1, 0.15) is 13.3 Å². The van der Waals surface area contributed by atoms with Gasteiger partial charge in [0.05, 0.1) is 26.8 Å². The highest BCUT2D eigenvalue weighted by molar-refractivity contribution is 5.83. The number of aromatic nitrogens is 3. The van der Waals surface area contributed by atoms with E-state index in [1.165, 1.54) is 33.5 Å². The fraction of sp³-hybridized carbons (Fsp3) is 0.261. The van der Waals surface area contributed by atoms with Crippen LogP contribution in [0.25, 0.3) is 33.7 Å². The molecular formula is C23H22FN3O5. The van der Waals surface area contributed by atoms with Crippen LogP contribution in [0.2, 0.25) is 0 Å². The molecule has 2 aromatic carbocycles. The van der Waals surface area contributed by atoms with Crippen LogP contribution >= 0.6 is 0 Å². The molecule has 0 unspecified atom stereocenters. The monoisotopic (exact) mass is 439 g/mol. The van der Waals surface area contributed by atoms with Crippen molar-refractivity contribution in [2.24, 2.45) is 0 Å². The summed E-state index contributed by atoms with van der Waals surface area (Å²) in [6, 6.07) is 7.52. The number of benzene rings is 2. The average molecular weight is 439 g/mol. The number of nitrogens with zero attached hydrogens (tertiary/aromatic N) is 3. The van der Waals surface area contributed by atoms with Crippen molar-refractivity contribution in [2.45, 2.75) is 19.9 Å². The van der Waals surface area contributed by atoms with Gasteiger partial charge in [0.1, 0.15) is 11.4 Å². The van der Waals surface area contributed by atoms with E-state index in [1.54, 1.807) is 24.4 Å². The van der Waals surface area contributed by atoms with Crippen LogP contribution in [0, 0.1) is 5.82 Å². The van der Waals surface area contributed by atoms with E-state index in [-0.39, 0.29) is 28.1 Å². The van der Waals surface area contributed by atoms with E-state index in [0.717, 1.165) is 6.42 Å². The zero-order valence-electron chi connectivity index (χ0n) is 18.1. The molecule has 0 N–H and O–H groups in total. The quantitative estimate of drug-likeness (QED) is 0.424. The van der Waals surface area contributed by atoms with Gasteiger partial charge >= 0.3 is 0 Å². The zero-order chi connectivity index (χ0) is 22.8. The Morgan fingerprint density at radius 3 is 2.41 bits per heavy atom. The lowest BCUT2D eigenvalue weighted by Gasteiger charge is -2.12. The molecule has 166 valence electrons. The molecule has 4 aromatic rings. The number of fused-ring (bicyclic) bond motifs is 1. The van der Waals surface area contributed by atoms with Crippen LogP contribution in [-0.2, 0) is 6.54 Å². The fourth-order valence-corrected chi connectivity index (χ4v) is 3.61. The van der Waals surface area contributed by atoms with E-state index in [4.69, 9.17) is 18.7 Å². The Balaban J connectivity index is 1.86. The summed E-state index contributed by atoms with van der Waals surface area (Å²) < 4.78 is 37.3. The first-order valence-electron chi connectivity index (χ1n) is 9.97. The zero-order valence-corrected chi connectivity index (χ0v) is 18.1. The summed E-state index contributed by atoms with van der Waals surface area (Å²) in [5.74, 6) is 1.08. The topological polar surface area (TPSA) is 88.6 Å². The van der Waals surface area contributed by atoms with Gasteiger partial charge in [0, 0.05) is 23.7 Å². The number of methoxy groups -OCH3 is 3. The lowest BCUT2D eigenvalue weighted by Crippen LogP contribution is -2.12. The van der Waals surface area contributed by atoms with E-state index in [2.05, 4.69) is 10.1 Å². The first-order chi connectivity index (χ1) is 15.5. The first kappa shape index (κ1) is 21.4. The molecule has 0 aliphatic carbocycles. The van der Waals surface area contributed by atoms with Gasteiger partial charge in [-0.1, -0.05) is 12.1 Å². The van der Waals surface area contributed by atoms with Crippen LogP contribution in [0.4, 0.5) is 4.39 Å². The van der Waals surface area contributed by atoms with E-state index in [1.807, 2.05) is 11.5 Å². The van der Waals surface area contributed by atoms with Gasteiger partial charge in [-0.25, -0.2) is 4.39 Å². The standard InChI is InChI=1S/C23H22FN3O5/c1-5-8-27-12-16(20(28)15-11-14(24)6-7-17(15)27)23-25-22(26-32-23)13-9-18(29-2)21(31-4)19(10-13)30-3/h6-7,9-12H,5,8H2,1-4H3. The second-order valence-electron chi connectivity index (χ2n) is 7.06. The molecule has 32 heavy (non-hydrogen) atoms. The largest absolute Gasteiger partial charge is 0.493 e. The lowest BCUT2D eigenvalue weighted by molar-refractivity contribution is 0.324. The third-order valence-electron chi connectivity index (χ3n) is 5.09. The average Bonchev–Trinajstić information content (AvgIpc) is 3.30. The molecule has 2 heterocycles. The summed E-state index contributed by atoms with van der Waals surface area (Å²) in [6.45, 7) is 2.66. The van der Waals surface area contributed by atoms with Crippen LogP contribution in [0.5, 0.6) is 17.2 Å². The van der Waals surface area contributed by atoms with E-state index in [9.17, 15) is 9.18 Å². The molecule has 8 nitrogen and oxygen atoms in total. The van der Waals surface area contributed by atoms with E-state index < -0.39 is 5.82 Å². The van der Waals surface area contributed by atoms with Crippen LogP contribution < -0.4 is 19.6 Å². The van der Waals surface area contributed by atoms with Crippen molar-refractivity contribution in [3.8, 4) is 40.1 Å². The molecule has 0 radical (unpaired) electrons. The molecule has 0 saturated heterocycles. The highest BCUT2D eigenvalue weighted by atomic mass is 19.1. The molecule has 4 rings (SSSR count). The Morgan fingerprint density at radius 1 is 1.06 bits per heavy atom. The molecule has 0 bridgehead atoms. The normalized spacial score (nSPS) is 11.0. The Labute approximate surface area is 183 Å². The summed E-state index contributed by atoms with van der Waals surface area (Å²) in [5.41, 5.74) is 1.01. The number of rotatable bonds is 7. The van der Waals surface area contributed by atoms with Gasteiger partial charge in [-0.3, -0.25) is 4.79 Å². The molecule has 2 aromatic heterocycles. The number of hydrogen-bond acceptors (Lipinski definition) is 7. The van der Waals surface area contributed by atoms with Crippen molar-refractivity contribution in [3.05, 3.63) is 52.6 Å². The maximum Gasteiger partial charge on any atom is 0.263 e. The smallest absolute Gasteiger partial charge is 0.263 e. The molecule has 0 atom stereocenters. The number of ether oxygens (including phenoxy) is 3. The van der Waals surface area contributed by atoms with Gasteiger partial charge in [-0.15, -0.1) is 0 Å². The minimum atomic E-state index is -0.488. The molecule has 9 heteroatoms. The Morgan fingerprint density at radius 2 is 1.78 bits per heavy atom. The lowest BCUT2D eigenvalue weighted by atomic mass is 10.1. The summed E-state index contributed by atoms with van der Waals surface area (Å²) >= 11 is 0. The van der Waals surface area contributed by atoms with Crippen molar-refractivity contribution in [1.29, 1.82) is 0 Å². The second kappa shape index (κ2) is 8.70. The number of aryl methyl sites for hydroxylation is 1.